The zero-order chi connectivity index (χ0) is 13.4. The highest BCUT2D eigenvalue weighted by Gasteiger charge is 2.23. The van der Waals surface area contributed by atoms with Gasteiger partial charge in [-0.25, -0.2) is 4.39 Å². The molecular weight excluding hydrogens is 267 g/mol. The molecule has 19 heavy (non-hydrogen) atoms. The van der Waals surface area contributed by atoms with Crippen molar-refractivity contribution in [2.45, 2.75) is 0 Å². The standard InChI is InChI=1S/C13H11FN2O2S/c14-9-2-1-3-10-8(9)6-11(19-10)13(18)16-5-4-15-12(17)7-16/h1-3,6H,4-5,7H2,(H,15,17). The van der Waals surface area contributed by atoms with Crippen LogP contribution in [0.2, 0.25) is 0 Å². The summed E-state index contributed by atoms with van der Waals surface area (Å²) in [5.74, 6) is -0.702. The number of benzene rings is 1. The predicted octanol–water partition coefficient (Wildman–Crippen LogP) is 1.61. The molecule has 2 heterocycles. The minimum absolute atomic E-state index is 0.0650. The molecule has 0 saturated carbocycles. The Bertz CT molecular complexity index is 668. The SMILES string of the molecule is O=C1CN(C(=O)c2cc3c(F)cccc3s2)CCN1. The first kappa shape index (κ1) is 12.1. The van der Waals surface area contributed by atoms with E-state index >= 15 is 0 Å². The Hall–Kier alpha value is -1.95. The molecule has 3 rings (SSSR count). The van der Waals surface area contributed by atoms with Crippen molar-refractivity contribution in [3.8, 4) is 0 Å². The van der Waals surface area contributed by atoms with Crippen LogP contribution in [0.3, 0.4) is 0 Å². The Balaban J connectivity index is 1.93. The van der Waals surface area contributed by atoms with Gasteiger partial charge in [0.1, 0.15) is 5.82 Å². The number of nitrogens with zero attached hydrogens (tertiary/aromatic N) is 1. The zero-order valence-corrected chi connectivity index (χ0v) is 10.8. The maximum atomic E-state index is 13.6. The lowest BCUT2D eigenvalue weighted by Crippen LogP contribution is -2.49. The zero-order valence-electron chi connectivity index (χ0n) is 9.98. The minimum atomic E-state index is -0.329. The topological polar surface area (TPSA) is 49.4 Å². The van der Waals surface area contributed by atoms with E-state index in [1.165, 1.54) is 22.3 Å². The second kappa shape index (κ2) is 4.62. The van der Waals surface area contributed by atoms with Crippen molar-refractivity contribution in [3.63, 3.8) is 0 Å². The predicted molar refractivity (Wildman–Crippen MR) is 70.7 cm³/mol. The maximum absolute atomic E-state index is 13.6. The molecule has 6 heteroatoms. The van der Waals surface area contributed by atoms with Gasteiger partial charge >= 0.3 is 0 Å². The van der Waals surface area contributed by atoms with Crippen LogP contribution in [0.1, 0.15) is 9.67 Å². The fourth-order valence-electron chi connectivity index (χ4n) is 2.10. The van der Waals surface area contributed by atoms with E-state index in [2.05, 4.69) is 5.32 Å². The van der Waals surface area contributed by atoms with Gasteiger partial charge in [0.25, 0.3) is 5.91 Å². The van der Waals surface area contributed by atoms with Crippen LogP contribution in [0.25, 0.3) is 10.1 Å². The number of fused-ring (bicyclic) bond motifs is 1. The number of carbonyl (C=O) groups is 2. The van der Waals surface area contributed by atoms with Crippen molar-refractivity contribution in [1.29, 1.82) is 0 Å². The molecule has 0 unspecified atom stereocenters. The van der Waals surface area contributed by atoms with E-state index in [1.54, 1.807) is 18.2 Å². The average molecular weight is 278 g/mol. The number of halogens is 1. The lowest BCUT2D eigenvalue weighted by Gasteiger charge is -2.26. The molecule has 0 spiro atoms. The number of rotatable bonds is 1. The van der Waals surface area contributed by atoms with Crippen molar-refractivity contribution < 1.29 is 14.0 Å². The molecule has 1 aromatic heterocycles. The summed E-state index contributed by atoms with van der Waals surface area (Å²) in [5.41, 5.74) is 0. The minimum Gasteiger partial charge on any atom is -0.353 e. The molecule has 1 fully saturated rings. The van der Waals surface area contributed by atoms with Crippen molar-refractivity contribution in [2.75, 3.05) is 19.6 Å². The third-order valence-corrected chi connectivity index (χ3v) is 4.13. The van der Waals surface area contributed by atoms with E-state index in [0.29, 0.717) is 23.4 Å². The smallest absolute Gasteiger partial charge is 0.264 e. The van der Waals surface area contributed by atoms with Crippen molar-refractivity contribution in [3.05, 3.63) is 35.0 Å². The van der Waals surface area contributed by atoms with Gasteiger partial charge in [-0.3, -0.25) is 9.59 Å². The van der Waals surface area contributed by atoms with Crippen LogP contribution in [0, 0.1) is 5.82 Å². The van der Waals surface area contributed by atoms with Gasteiger partial charge in [-0.15, -0.1) is 11.3 Å². The maximum Gasteiger partial charge on any atom is 0.264 e. The van der Waals surface area contributed by atoms with Gasteiger partial charge in [0.2, 0.25) is 5.91 Å². The first-order valence-electron chi connectivity index (χ1n) is 5.89. The van der Waals surface area contributed by atoms with E-state index in [1.807, 2.05) is 0 Å². The summed E-state index contributed by atoms with van der Waals surface area (Å²) in [4.78, 5) is 25.5. The quantitative estimate of drug-likeness (QED) is 0.861. The first-order valence-corrected chi connectivity index (χ1v) is 6.71. The number of hydrogen-bond acceptors (Lipinski definition) is 3. The third kappa shape index (κ3) is 2.19. The number of thiophene rings is 1. The highest BCUT2D eigenvalue weighted by molar-refractivity contribution is 7.20. The summed E-state index contributed by atoms with van der Waals surface area (Å²) < 4.78 is 14.3. The van der Waals surface area contributed by atoms with Gasteiger partial charge in [-0.2, -0.15) is 0 Å². The summed E-state index contributed by atoms with van der Waals surface area (Å²) in [6.45, 7) is 1.01. The molecule has 1 N–H and O–H groups in total. The highest BCUT2D eigenvalue weighted by Crippen LogP contribution is 2.28. The Morgan fingerprint density at radius 3 is 3.00 bits per heavy atom. The molecule has 1 aromatic carbocycles. The van der Waals surface area contributed by atoms with Gasteiger partial charge in [0, 0.05) is 23.2 Å². The van der Waals surface area contributed by atoms with E-state index in [-0.39, 0.29) is 24.2 Å². The average Bonchev–Trinajstić information content (AvgIpc) is 2.83. The molecule has 0 bridgehead atoms. The summed E-state index contributed by atoms with van der Waals surface area (Å²) in [7, 11) is 0. The number of hydrogen-bond donors (Lipinski definition) is 1. The van der Waals surface area contributed by atoms with Gasteiger partial charge in [-0.05, 0) is 18.2 Å². The van der Waals surface area contributed by atoms with Crippen LogP contribution in [-0.4, -0.2) is 36.3 Å². The molecule has 1 aliphatic heterocycles. The molecule has 2 aromatic rings. The largest absolute Gasteiger partial charge is 0.353 e. The van der Waals surface area contributed by atoms with Crippen molar-refractivity contribution in [1.82, 2.24) is 10.2 Å². The van der Waals surface area contributed by atoms with Crippen LogP contribution in [0.15, 0.2) is 24.3 Å². The van der Waals surface area contributed by atoms with Gasteiger partial charge < -0.3 is 10.2 Å². The molecule has 0 radical (unpaired) electrons. The van der Waals surface area contributed by atoms with Crippen LogP contribution >= 0.6 is 11.3 Å². The molecule has 1 saturated heterocycles. The Labute approximate surface area is 112 Å². The highest BCUT2D eigenvalue weighted by atomic mass is 32.1. The third-order valence-electron chi connectivity index (χ3n) is 3.04. The molecule has 2 amide bonds. The number of amides is 2. The lowest BCUT2D eigenvalue weighted by molar-refractivity contribution is -0.123. The number of carbonyl (C=O) groups excluding carboxylic acids is 2. The molecule has 98 valence electrons. The van der Waals surface area contributed by atoms with Crippen molar-refractivity contribution in [2.24, 2.45) is 0 Å². The second-order valence-electron chi connectivity index (χ2n) is 4.34. The fraction of sp³-hybridized carbons (Fsp3) is 0.231. The monoisotopic (exact) mass is 278 g/mol. The summed E-state index contributed by atoms with van der Waals surface area (Å²) in [5, 5.41) is 3.12. The molecular formula is C13H11FN2O2S. The fourth-order valence-corrected chi connectivity index (χ4v) is 3.14. The first-order chi connectivity index (χ1) is 9.15. The molecule has 4 nitrogen and oxygen atoms in total. The Kier molecular flexibility index (Phi) is 2.94. The molecule has 0 atom stereocenters. The molecule has 0 aliphatic carbocycles. The summed E-state index contributed by atoms with van der Waals surface area (Å²) >= 11 is 1.25. The van der Waals surface area contributed by atoms with E-state index in [9.17, 15) is 14.0 Å². The number of piperazine rings is 1. The van der Waals surface area contributed by atoms with Gasteiger partial charge in [-0.1, -0.05) is 6.07 Å². The molecule has 1 aliphatic rings. The summed E-state index contributed by atoms with van der Waals surface area (Å²) in [6.07, 6.45) is 0. The van der Waals surface area contributed by atoms with Crippen molar-refractivity contribution >= 4 is 33.2 Å². The Morgan fingerprint density at radius 2 is 2.26 bits per heavy atom. The van der Waals surface area contributed by atoms with Gasteiger partial charge in [0.15, 0.2) is 0 Å². The summed E-state index contributed by atoms with van der Waals surface area (Å²) in [6, 6.07) is 6.33. The van der Waals surface area contributed by atoms with E-state index in [4.69, 9.17) is 0 Å². The van der Waals surface area contributed by atoms with Crippen LogP contribution in [-0.2, 0) is 4.79 Å². The lowest BCUT2D eigenvalue weighted by atomic mass is 10.2. The van der Waals surface area contributed by atoms with E-state index < -0.39 is 0 Å². The second-order valence-corrected chi connectivity index (χ2v) is 5.42. The van der Waals surface area contributed by atoms with Gasteiger partial charge in [0.05, 0.1) is 11.4 Å². The van der Waals surface area contributed by atoms with Crippen LogP contribution in [0.5, 0.6) is 0 Å². The Morgan fingerprint density at radius 1 is 1.42 bits per heavy atom. The van der Waals surface area contributed by atoms with E-state index in [0.717, 1.165) is 4.70 Å². The van der Waals surface area contributed by atoms with Crippen LogP contribution < -0.4 is 5.32 Å². The van der Waals surface area contributed by atoms with Crippen LogP contribution in [0.4, 0.5) is 4.39 Å². The normalized spacial score (nSPS) is 15.6. The number of nitrogens with one attached hydrogen (secondary N) is 1.